The zero-order valence-corrected chi connectivity index (χ0v) is 11.9. The minimum atomic E-state index is -2.89. The highest BCUT2D eigenvalue weighted by atomic mass is 19.3. The lowest BCUT2D eigenvalue weighted by Gasteiger charge is -2.16. The average Bonchev–Trinajstić information content (AvgIpc) is 2.47. The van der Waals surface area contributed by atoms with Crippen LogP contribution in [0.25, 0.3) is 0 Å². The fourth-order valence-corrected chi connectivity index (χ4v) is 2.05. The molecule has 5 heteroatoms. The van der Waals surface area contributed by atoms with Crippen LogP contribution in [0.5, 0.6) is 11.5 Å². The van der Waals surface area contributed by atoms with E-state index in [-0.39, 0.29) is 5.75 Å². The van der Waals surface area contributed by atoms with Gasteiger partial charge >= 0.3 is 6.61 Å². The Morgan fingerprint density at radius 1 is 1.10 bits per heavy atom. The highest BCUT2D eigenvalue weighted by Gasteiger charge is 2.15. The van der Waals surface area contributed by atoms with Crippen molar-refractivity contribution in [2.75, 3.05) is 12.4 Å². The Labute approximate surface area is 122 Å². The van der Waals surface area contributed by atoms with Gasteiger partial charge in [0.05, 0.1) is 7.11 Å². The number of rotatable bonds is 6. The molecule has 0 atom stereocenters. The summed E-state index contributed by atoms with van der Waals surface area (Å²) in [6.07, 6.45) is 0. The highest BCUT2D eigenvalue weighted by molar-refractivity contribution is 5.53. The molecule has 3 nitrogen and oxygen atoms in total. The van der Waals surface area contributed by atoms with Crippen LogP contribution in [0.1, 0.15) is 11.1 Å². The highest BCUT2D eigenvalue weighted by Crippen LogP contribution is 2.33. The molecule has 0 aliphatic carbocycles. The van der Waals surface area contributed by atoms with Gasteiger partial charge in [-0.15, -0.1) is 0 Å². The van der Waals surface area contributed by atoms with E-state index < -0.39 is 6.61 Å². The van der Waals surface area contributed by atoms with Crippen LogP contribution < -0.4 is 14.8 Å². The molecule has 21 heavy (non-hydrogen) atoms. The maximum atomic E-state index is 12.5. The third-order valence-corrected chi connectivity index (χ3v) is 3.10. The van der Waals surface area contributed by atoms with Crippen molar-refractivity contribution in [2.45, 2.75) is 20.1 Å². The quantitative estimate of drug-likeness (QED) is 0.865. The van der Waals surface area contributed by atoms with Gasteiger partial charge in [0.1, 0.15) is 0 Å². The Kier molecular flexibility index (Phi) is 4.98. The summed E-state index contributed by atoms with van der Waals surface area (Å²) in [5.41, 5.74) is 2.64. The van der Waals surface area contributed by atoms with Crippen molar-refractivity contribution < 1.29 is 18.3 Å². The molecule has 0 aromatic heterocycles. The van der Waals surface area contributed by atoms with Crippen molar-refractivity contribution in [3.8, 4) is 11.5 Å². The minimum absolute atomic E-state index is 0.0658. The maximum absolute atomic E-state index is 12.5. The van der Waals surface area contributed by atoms with Crippen LogP contribution in [0.4, 0.5) is 14.5 Å². The number of nitrogens with one attached hydrogen (secondary N) is 1. The first kappa shape index (κ1) is 15.1. The molecule has 0 aliphatic heterocycles. The molecule has 0 aliphatic rings. The number of alkyl halides is 2. The number of aryl methyl sites for hydroxylation is 1. The topological polar surface area (TPSA) is 30.5 Å². The van der Waals surface area contributed by atoms with Crippen LogP contribution in [0.3, 0.4) is 0 Å². The molecule has 2 aromatic carbocycles. The molecule has 0 radical (unpaired) electrons. The van der Waals surface area contributed by atoms with E-state index in [9.17, 15) is 8.78 Å². The first-order valence-electron chi connectivity index (χ1n) is 6.52. The van der Waals surface area contributed by atoms with E-state index in [0.717, 1.165) is 11.3 Å². The summed E-state index contributed by atoms with van der Waals surface area (Å²) in [6.45, 7) is -0.548. The van der Waals surface area contributed by atoms with E-state index >= 15 is 0 Å². The van der Waals surface area contributed by atoms with Crippen LogP contribution >= 0.6 is 0 Å². The molecule has 2 aromatic rings. The minimum Gasteiger partial charge on any atom is -0.493 e. The fourth-order valence-electron chi connectivity index (χ4n) is 2.05. The molecule has 0 unspecified atom stereocenters. The standard InChI is InChI=1S/C16H17F2NO2/c1-11-6-3-4-8-13(11)19-10-12-7-5-9-14(20-2)15(12)21-16(17)18/h3-9,16,19H,10H2,1-2H3. The Bertz CT molecular complexity index is 603. The van der Waals surface area contributed by atoms with Crippen LogP contribution in [-0.2, 0) is 6.54 Å². The third-order valence-electron chi connectivity index (χ3n) is 3.10. The molecule has 0 bridgehead atoms. The molecule has 1 N–H and O–H groups in total. The summed E-state index contributed by atoms with van der Waals surface area (Å²) < 4.78 is 34.8. The molecular formula is C16H17F2NO2. The predicted octanol–water partition coefficient (Wildman–Crippen LogP) is 4.22. The van der Waals surface area contributed by atoms with Gasteiger partial charge in [-0.1, -0.05) is 30.3 Å². The second-order valence-electron chi connectivity index (χ2n) is 4.50. The number of benzene rings is 2. The number of methoxy groups -OCH3 is 1. The van der Waals surface area contributed by atoms with Gasteiger partial charge in [-0.2, -0.15) is 8.78 Å². The summed E-state index contributed by atoms with van der Waals surface area (Å²) in [5, 5.41) is 3.21. The summed E-state index contributed by atoms with van der Waals surface area (Å²) in [4.78, 5) is 0. The Morgan fingerprint density at radius 3 is 2.52 bits per heavy atom. The van der Waals surface area contributed by atoms with Crippen molar-refractivity contribution in [3.63, 3.8) is 0 Å². The van der Waals surface area contributed by atoms with E-state index in [1.54, 1.807) is 18.2 Å². The zero-order valence-electron chi connectivity index (χ0n) is 11.9. The summed E-state index contributed by atoms with van der Waals surface area (Å²) in [6, 6.07) is 12.8. The van der Waals surface area contributed by atoms with Crippen molar-refractivity contribution in [2.24, 2.45) is 0 Å². The first-order chi connectivity index (χ1) is 10.1. The Balaban J connectivity index is 2.21. The summed E-state index contributed by atoms with van der Waals surface area (Å²) in [7, 11) is 1.42. The van der Waals surface area contributed by atoms with Gasteiger partial charge in [-0.3, -0.25) is 0 Å². The fraction of sp³-hybridized carbons (Fsp3) is 0.250. The number of hydrogen-bond donors (Lipinski definition) is 1. The molecule has 0 spiro atoms. The van der Waals surface area contributed by atoms with Crippen molar-refractivity contribution in [1.29, 1.82) is 0 Å². The number of anilines is 1. The van der Waals surface area contributed by atoms with Gasteiger partial charge < -0.3 is 14.8 Å². The van der Waals surface area contributed by atoms with E-state index in [2.05, 4.69) is 10.1 Å². The lowest BCUT2D eigenvalue weighted by molar-refractivity contribution is -0.0517. The first-order valence-corrected chi connectivity index (χ1v) is 6.52. The van der Waals surface area contributed by atoms with Crippen molar-refractivity contribution >= 4 is 5.69 Å². The van der Waals surface area contributed by atoms with E-state index in [4.69, 9.17) is 4.74 Å². The van der Waals surface area contributed by atoms with E-state index in [0.29, 0.717) is 17.9 Å². The second-order valence-corrected chi connectivity index (χ2v) is 4.50. The number of halogens is 2. The Morgan fingerprint density at radius 2 is 1.86 bits per heavy atom. The monoisotopic (exact) mass is 293 g/mol. The Hall–Kier alpha value is -2.30. The molecule has 0 fully saturated rings. The SMILES string of the molecule is COc1cccc(CNc2ccccc2C)c1OC(F)F. The normalized spacial score (nSPS) is 10.5. The second kappa shape index (κ2) is 6.92. The molecule has 0 saturated heterocycles. The van der Waals surface area contributed by atoms with Gasteiger partial charge in [-0.25, -0.2) is 0 Å². The molecule has 112 valence electrons. The lowest BCUT2D eigenvalue weighted by atomic mass is 10.1. The van der Waals surface area contributed by atoms with Crippen molar-refractivity contribution in [3.05, 3.63) is 53.6 Å². The number of para-hydroxylation sites is 2. The average molecular weight is 293 g/mol. The third kappa shape index (κ3) is 3.84. The van der Waals surface area contributed by atoms with Crippen molar-refractivity contribution in [1.82, 2.24) is 0 Å². The van der Waals surface area contributed by atoms with Gasteiger partial charge in [0, 0.05) is 17.8 Å². The molecule has 0 amide bonds. The largest absolute Gasteiger partial charge is 0.493 e. The number of ether oxygens (including phenoxy) is 2. The van der Waals surface area contributed by atoms with Gasteiger partial charge in [0.25, 0.3) is 0 Å². The van der Waals surface area contributed by atoms with E-state index in [1.807, 2.05) is 31.2 Å². The van der Waals surface area contributed by atoms with E-state index in [1.165, 1.54) is 7.11 Å². The molecule has 2 rings (SSSR count). The van der Waals surface area contributed by atoms with Crippen LogP contribution in [0, 0.1) is 6.92 Å². The summed E-state index contributed by atoms with van der Waals surface area (Å²) in [5.74, 6) is 0.357. The lowest BCUT2D eigenvalue weighted by Crippen LogP contribution is -2.09. The maximum Gasteiger partial charge on any atom is 0.387 e. The van der Waals surface area contributed by atoms with Crippen LogP contribution in [0.2, 0.25) is 0 Å². The van der Waals surface area contributed by atoms with Crippen LogP contribution in [-0.4, -0.2) is 13.7 Å². The number of hydrogen-bond acceptors (Lipinski definition) is 3. The predicted molar refractivity (Wildman–Crippen MR) is 78.1 cm³/mol. The summed E-state index contributed by atoms with van der Waals surface area (Å²) >= 11 is 0. The zero-order chi connectivity index (χ0) is 15.2. The van der Waals surface area contributed by atoms with Gasteiger partial charge in [-0.05, 0) is 24.6 Å². The molecule has 0 heterocycles. The molecular weight excluding hydrogens is 276 g/mol. The van der Waals surface area contributed by atoms with Gasteiger partial charge in [0.15, 0.2) is 11.5 Å². The van der Waals surface area contributed by atoms with Gasteiger partial charge in [0.2, 0.25) is 0 Å². The van der Waals surface area contributed by atoms with Crippen LogP contribution in [0.15, 0.2) is 42.5 Å². The smallest absolute Gasteiger partial charge is 0.387 e. The molecule has 0 saturated carbocycles.